The highest BCUT2D eigenvalue weighted by Gasteiger charge is 1.91. The molecule has 0 aliphatic carbocycles. The fraction of sp³-hybridized carbons (Fsp3) is 0.125. The maximum Gasteiger partial charge on any atom is -0.0251 e. The van der Waals surface area contributed by atoms with Gasteiger partial charge in [0.15, 0.2) is 0 Å². The van der Waals surface area contributed by atoms with Gasteiger partial charge < -0.3 is 0 Å². The van der Waals surface area contributed by atoms with Crippen LogP contribution in [0.5, 0.6) is 0 Å². The Morgan fingerprint density at radius 2 is 1.25 bits per heavy atom. The molecule has 2 aromatic carbocycles. The lowest BCUT2D eigenvalue weighted by Crippen LogP contribution is -1.79. The fourth-order valence-corrected chi connectivity index (χ4v) is 1.86. The van der Waals surface area contributed by atoms with Crippen molar-refractivity contribution in [3.63, 3.8) is 0 Å². The number of benzene rings is 2. The van der Waals surface area contributed by atoms with Crippen LogP contribution in [-0.2, 0) is 0 Å². The smallest absolute Gasteiger partial charge is 0.0251 e. The molecule has 0 spiro atoms. The third-order valence-corrected chi connectivity index (χ3v) is 2.51. The van der Waals surface area contributed by atoms with Crippen molar-refractivity contribution in [2.45, 2.75) is 13.8 Å². The second kappa shape index (κ2) is 4.80. The summed E-state index contributed by atoms with van der Waals surface area (Å²) in [5, 5.41) is 0. The summed E-state index contributed by atoms with van der Waals surface area (Å²) in [7, 11) is 0. The van der Waals surface area contributed by atoms with Crippen LogP contribution in [0.4, 0.5) is 0 Å². The van der Waals surface area contributed by atoms with Crippen LogP contribution in [0.3, 0.4) is 0 Å². The van der Waals surface area contributed by atoms with Crippen LogP contribution in [0.1, 0.15) is 22.3 Å². The molecule has 0 saturated heterocycles. The van der Waals surface area contributed by atoms with E-state index in [9.17, 15) is 0 Å². The first kappa shape index (κ1) is 10.7. The summed E-state index contributed by atoms with van der Waals surface area (Å²) in [5.41, 5.74) is 5.13. The predicted octanol–water partition coefficient (Wildman–Crippen LogP) is 4.47. The zero-order valence-electron chi connectivity index (χ0n) is 9.77. The Hall–Kier alpha value is -1.82. The first-order chi connectivity index (χ1) is 7.74. The van der Waals surface area contributed by atoms with Gasteiger partial charge >= 0.3 is 0 Å². The highest BCUT2D eigenvalue weighted by atomic mass is 14.0. The Kier molecular flexibility index (Phi) is 3.21. The molecule has 80 valence electrons. The number of rotatable bonds is 2. The van der Waals surface area contributed by atoms with Gasteiger partial charge in [-0.3, -0.25) is 0 Å². The van der Waals surface area contributed by atoms with Gasteiger partial charge in [-0.05, 0) is 25.0 Å². The molecule has 0 heteroatoms. The molecule has 0 saturated carbocycles. The van der Waals surface area contributed by atoms with Crippen LogP contribution in [0.15, 0.2) is 48.5 Å². The van der Waals surface area contributed by atoms with E-state index in [-0.39, 0.29) is 0 Å². The molecular weight excluding hydrogens is 192 g/mol. The van der Waals surface area contributed by atoms with Crippen LogP contribution in [0.2, 0.25) is 0 Å². The number of hydrogen-bond donors (Lipinski definition) is 0. The van der Waals surface area contributed by atoms with Gasteiger partial charge in [-0.1, -0.05) is 71.8 Å². The van der Waals surface area contributed by atoms with Gasteiger partial charge in [0.1, 0.15) is 0 Å². The maximum absolute atomic E-state index is 2.20. The van der Waals surface area contributed by atoms with Crippen molar-refractivity contribution in [2.24, 2.45) is 0 Å². The zero-order chi connectivity index (χ0) is 11.4. The SMILES string of the molecule is Cc1cc(C)cc(/C=C\c2ccccc2)c1. The molecule has 0 aliphatic rings. The fourth-order valence-electron chi connectivity index (χ4n) is 1.86. The van der Waals surface area contributed by atoms with E-state index < -0.39 is 0 Å². The van der Waals surface area contributed by atoms with E-state index >= 15 is 0 Å². The highest BCUT2D eigenvalue weighted by molar-refractivity contribution is 5.70. The minimum atomic E-state index is 1.24. The van der Waals surface area contributed by atoms with E-state index in [0.29, 0.717) is 0 Å². The average Bonchev–Trinajstić information content (AvgIpc) is 2.27. The lowest BCUT2D eigenvalue weighted by molar-refractivity contribution is 1.37. The molecular formula is C16H16. The second-order valence-corrected chi connectivity index (χ2v) is 4.17. The summed E-state index contributed by atoms with van der Waals surface area (Å²) >= 11 is 0. The third kappa shape index (κ3) is 2.83. The van der Waals surface area contributed by atoms with Crippen molar-refractivity contribution in [3.8, 4) is 0 Å². The molecule has 0 fully saturated rings. The van der Waals surface area contributed by atoms with Crippen molar-refractivity contribution in [3.05, 3.63) is 70.8 Å². The van der Waals surface area contributed by atoms with Crippen LogP contribution in [0, 0.1) is 13.8 Å². The monoisotopic (exact) mass is 208 g/mol. The predicted molar refractivity (Wildman–Crippen MR) is 71.3 cm³/mol. The molecule has 0 heterocycles. The first-order valence-corrected chi connectivity index (χ1v) is 5.55. The summed E-state index contributed by atoms with van der Waals surface area (Å²) in [6.45, 7) is 4.26. The largest absolute Gasteiger partial charge is 0.0622 e. The topological polar surface area (TPSA) is 0 Å². The Bertz CT molecular complexity index is 472. The van der Waals surface area contributed by atoms with Gasteiger partial charge in [-0.25, -0.2) is 0 Å². The Labute approximate surface area is 97.3 Å². The molecule has 0 aromatic heterocycles. The van der Waals surface area contributed by atoms with Gasteiger partial charge in [-0.2, -0.15) is 0 Å². The molecule has 0 N–H and O–H groups in total. The molecule has 16 heavy (non-hydrogen) atoms. The highest BCUT2D eigenvalue weighted by Crippen LogP contribution is 2.12. The minimum absolute atomic E-state index is 1.24. The molecule has 2 rings (SSSR count). The van der Waals surface area contributed by atoms with Crippen molar-refractivity contribution >= 4 is 12.2 Å². The summed E-state index contributed by atoms with van der Waals surface area (Å²) in [6, 6.07) is 17.0. The van der Waals surface area contributed by atoms with E-state index in [1.165, 1.54) is 22.3 Å². The van der Waals surface area contributed by atoms with E-state index in [1.807, 2.05) is 6.07 Å². The van der Waals surface area contributed by atoms with Crippen molar-refractivity contribution < 1.29 is 0 Å². The Morgan fingerprint density at radius 1 is 0.688 bits per heavy atom. The van der Waals surface area contributed by atoms with Crippen LogP contribution < -0.4 is 0 Å². The van der Waals surface area contributed by atoms with Gasteiger partial charge in [-0.15, -0.1) is 0 Å². The van der Waals surface area contributed by atoms with E-state index in [0.717, 1.165) is 0 Å². The molecule has 2 aromatic rings. The lowest BCUT2D eigenvalue weighted by Gasteiger charge is -1.99. The number of aryl methyl sites for hydroxylation is 2. The first-order valence-electron chi connectivity index (χ1n) is 5.55. The maximum atomic E-state index is 2.20. The van der Waals surface area contributed by atoms with E-state index in [4.69, 9.17) is 0 Å². The van der Waals surface area contributed by atoms with Crippen molar-refractivity contribution in [1.29, 1.82) is 0 Å². The Balaban J connectivity index is 2.24. The molecule has 0 nitrogen and oxygen atoms in total. The van der Waals surface area contributed by atoms with Crippen LogP contribution >= 0.6 is 0 Å². The average molecular weight is 208 g/mol. The van der Waals surface area contributed by atoms with Crippen molar-refractivity contribution in [2.75, 3.05) is 0 Å². The van der Waals surface area contributed by atoms with Gasteiger partial charge in [0.25, 0.3) is 0 Å². The van der Waals surface area contributed by atoms with E-state index in [2.05, 4.69) is 68.5 Å². The Morgan fingerprint density at radius 3 is 1.88 bits per heavy atom. The lowest BCUT2D eigenvalue weighted by atomic mass is 10.1. The van der Waals surface area contributed by atoms with Gasteiger partial charge in [0.2, 0.25) is 0 Å². The molecule has 0 bridgehead atoms. The summed E-state index contributed by atoms with van der Waals surface area (Å²) in [5.74, 6) is 0. The number of hydrogen-bond acceptors (Lipinski definition) is 0. The molecule has 0 aliphatic heterocycles. The normalized spacial score (nSPS) is 10.9. The van der Waals surface area contributed by atoms with Crippen LogP contribution in [-0.4, -0.2) is 0 Å². The molecule has 0 radical (unpaired) electrons. The molecule has 0 amide bonds. The van der Waals surface area contributed by atoms with Crippen molar-refractivity contribution in [1.82, 2.24) is 0 Å². The summed E-state index contributed by atoms with van der Waals surface area (Å²) in [4.78, 5) is 0. The quantitative estimate of drug-likeness (QED) is 0.638. The molecule has 0 unspecified atom stereocenters. The van der Waals surface area contributed by atoms with Crippen LogP contribution in [0.25, 0.3) is 12.2 Å². The minimum Gasteiger partial charge on any atom is -0.0622 e. The molecule has 0 atom stereocenters. The van der Waals surface area contributed by atoms with Gasteiger partial charge in [0.05, 0.1) is 0 Å². The van der Waals surface area contributed by atoms with E-state index in [1.54, 1.807) is 0 Å². The zero-order valence-corrected chi connectivity index (χ0v) is 9.77. The van der Waals surface area contributed by atoms with Gasteiger partial charge in [0, 0.05) is 0 Å². The summed E-state index contributed by atoms with van der Waals surface area (Å²) in [6.07, 6.45) is 4.31. The third-order valence-electron chi connectivity index (χ3n) is 2.51. The summed E-state index contributed by atoms with van der Waals surface area (Å²) < 4.78 is 0. The second-order valence-electron chi connectivity index (χ2n) is 4.17. The standard InChI is InChI=1S/C16H16/c1-13-10-14(2)12-16(11-13)9-8-15-6-4-3-5-7-15/h3-12H,1-2H3/b9-8-.